The second kappa shape index (κ2) is 10.1. The highest BCUT2D eigenvalue weighted by Gasteiger charge is 2.15. The Kier molecular flexibility index (Phi) is 7.58. The van der Waals surface area contributed by atoms with E-state index in [1.54, 1.807) is 18.2 Å². The Hall–Kier alpha value is -2.29. The summed E-state index contributed by atoms with van der Waals surface area (Å²) in [4.78, 5) is 12.3. The van der Waals surface area contributed by atoms with Crippen LogP contribution in [0.5, 0.6) is 5.75 Å². The van der Waals surface area contributed by atoms with E-state index in [0.29, 0.717) is 34.0 Å². The van der Waals surface area contributed by atoms with Crippen molar-refractivity contribution in [1.82, 2.24) is 14.8 Å². The van der Waals surface area contributed by atoms with Gasteiger partial charge in [-0.1, -0.05) is 41.0 Å². The predicted molar refractivity (Wildman–Crippen MR) is 117 cm³/mol. The molecule has 0 spiro atoms. The third kappa shape index (κ3) is 5.44. The number of hydrogen-bond acceptors (Lipinski definition) is 5. The minimum absolute atomic E-state index is 0.112. The zero-order valence-electron chi connectivity index (χ0n) is 16.3. The molecule has 1 N–H and O–H groups in total. The number of carbonyl (C=O) groups is 1. The van der Waals surface area contributed by atoms with Crippen LogP contribution in [0, 0.1) is 12.7 Å². The zero-order valence-corrected chi connectivity index (χ0v) is 18.6. The van der Waals surface area contributed by atoms with Crippen molar-refractivity contribution in [2.75, 3.05) is 11.1 Å². The first kappa shape index (κ1) is 22.4. The number of carbonyl (C=O) groups excluding carboxylic acids is 1. The van der Waals surface area contributed by atoms with Crippen LogP contribution in [0.25, 0.3) is 0 Å². The monoisotopic (exact) mass is 468 g/mol. The van der Waals surface area contributed by atoms with E-state index < -0.39 is 5.82 Å². The molecule has 3 rings (SSSR count). The molecule has 0 aliphatic heterocycles. The van der Waals surface area contributed by atoms with Crippen LogP contribution in [0.3, 0.4) is 0 Å². The summed E-state index contributed by atoms with van der Waals surface area (Å²) in [5, 5.41) is 12.5. The van der Waals surface area contributed by atoms with E-state index in [2.05, 4.69) is 15.5 Å². The van der Waals surface area contributed by atoms with Crippen LogP contribution in [0.2, 0.25) is 10.0 Å². The average Bonchev–Trinajstić information content (AvgIpc) is 3.11. The van der Waals surface area contributed by atoms with Crippen molar-refractivity contribution >= 4 is 46.6 Å². The second-order valence-corrected chi connectivity index (χ2v) is 8.01. The van der Waals surface area contributed by atoms with Crippen LogP contribution in [0.1, 0.15) is 18.3 Å². The lowest BCUT2D eigenvalue weighted by Gasteiger charge is -2.11. The lowest BCUT2D eigenvalue weighted by Crippen LogP contribution is -2.15. The molecule has 158 valence electrons. The molecule has 10 heteroatoms. The van der Waals surface area contributed by atoms with Gasteiger partial charge in [0.25, 0.3) is 0 Å². The fourth-order valence-electron chi connectivity index (χ4n) is 2.64. The van der Waals surface area contributed by atoms with Crippen molar-refractivity contribution < 1.29 is 13.9 Å². The largest absolute Gasteiger partial charge is 0.484 e. The van der Waals surface area contributed by atoms with Gasteiger partial charge in [-0.25, -0.2) is 4.39 Å². The van der Waals surface area contributed by atoms with Crippen molar-refractivity contribution in [2.45, 2.75) is 32.2 Å². The summed E-state index contributed by atoms with van der Waals surface area (Å²) >= 11 is 13.3. The molecule has 3 aromatic rings. The van der Waals surface area contributed by atoms with Crippen LogP contribution in [0.4, 0.5) is 10.1 Å². The Morgan fingerprint density at radius 3 is 2.77 bits per heavy atom. The van der Waals surface area contributed by atoms with E-state index >= 15 is 0 Å². The number of rotatable bonds is 8. The standard InChI is InChI=1S/C20H19Cl2FN4O2S/c1-3-27-18(10-29-17-8-7-13(23)9-15(17)22)25-26-20(27)30-11-19(28)24-16-6-4-5-14(21)12(16)2/h4-9H,3,10-11H2,1-2H3,(H,24,28). The van der Waals surface area contributed by atoms with Crippen molar-refractivity contribution in [1.29, 1.82) is 0 Å². The maximum Gasteiger partial charge on any atom is 0.234 e. The third-order valence-electron chi connectivity index (χ3n) is 4.23. The summed E-state index contributed by atoms with van der Waals surface area (Å²) in [6, 6.07) is 9.27. The minimum Gasteiger partial charge on any atom is -0.484 e. The van der Waals surface area contributed by atoms with Gasteiger partial charge in [-0.3, -0.25) is 4.79 Å². The lowest BCUT2D eigenvalue weighted by atomic mass is 10.2. The molecule has 6 nitrogen and oxygen atoms in total. The van der Waals surface area contributed by atoms with E-state index in [0.717, 1.165) is 5.56 Å². The molecule has 2 aromatic carbocycles. The van der Waals surface area contributed by atoms with Crippen LogP contribution in [-0.4, -0.2) is 26.4 Å². The van der Waals surface area contributed by atoms with Gasteiger partial charge in [0.15, 0.2) is 11.0 Å². The van der Waals surface area contributed by atoms with E-state index in [-0.39, 0.29) is 23.3 Å². The van der Waals surface area contributed by atoms with Crippen molar-refractivity contribution in [3.05, 3.63) is 63.6 Å². The summed E-state index contributed by atoms with van der Waals surface area (Å²) in [6.07, 6.45) is 0. The van der Waals surface area contributed by atoms with Gasteiger partial charge < -0.3 is 14.6 Å². The van der Waals surface area contributed by atoms with Gasteiger partial charge >= 0.3 is 0 Å². The molecule has 0 saturated heterocycles. The number of nitrogens with zero attached hydrogens (tertiary/aromatic N) is 3. The maximum absolute atomic E-state index is 13.2. The lowest BCUT2D eigenvalue weighted by molar-refractivity contribution is -0.113. The van der Waals surface area contributed by atoms with Crippen LogP contribution in [0.15, 0.2) is 41.6 Å². The summed E-state index contributed by atoms with van der Waals surface area (Å²) in [6.45, 7) is 4.50. The topological polar surface area (TPSA) is 69.0 Å². The molecule has 1 aromatic heterocycles. The smallest absolute Gasteiger partial charge is 0.234 e. The molecule has 0 saturated carbocycles. The fraction of sp³-hybridized carbons (Fsp3) is 0.250. The van der Waals surface area contributed by atoms with E-state index in [1.165, 1.54) is 30.0 Å². The molecule has 1 heterocycles. The predicted octanol–water partition coefficient (Wildman–Crippen LogP) is 5.36. The number of amides is 1. The number of ether oxygens (including phenoxy) is 1. The number of halogens is 3. The van der Waals surface area contributed by atoms with Crippen molar-refractivity contribution in [3.63, 3.8) is 0 Å². The maximum atomic E-state index is 13.2. The van der Waals surface area contributed by atoms with Gasteiger partial charge in [0.2, 0.25) is 5.91 Å². The average molecular weight is 469 g/mol. The van der Waals surface area contributed by atoms with E-state index in [9.17, 15) is 9.18 Å². The highest BCUT2D eigenvalue weighted by atomic mass is 35.5. The Morgan fingerprint density at radius 1 is 1.23 bits per heavy atom. The molecule has 30 heavy (non-hydrogen) atoms. The van der Waals surface area contributed by atoms with Gasteiger partial charge in [-0.15, -0.1) is 10.2 Å². The Labute approximate surface area is 187 Å². The van der Waals surface area contributed by atoms with E-state index in [1.807, 2.05) is 18.4 Å². The molecule has 0 bridgehead atoms. The number of anilines is 1. The number of benzene rings is 2. The van der Waals surface area contributed by atoms with Crippen LogP contribution < -0.4 is 10.1 Å². The summed E-state index contributed by atoms with van der Waals surface area (Å²) in [5.41, 5.74) is 1.49. The Balaban J connectivity index is 1.61. The van der Waals surface area contributed by atoms with Gasteiger partial charge in [-0.05, 0) is 49.7 Å². The highest BCUT2D eigenvalue weighted by molar-refractivity contribution is 7.99. The quantitative estimate of drug-likeness (QED) is 0.450. The highest BCUT2D eigenvalue weighted by Crippen LogP contribution is 2.27. The summed E-state index contributed by atoms with van der Waals surface area (Å²) in [7, 11) is 0. The molecule has 0 aliphatic rings. The number of nitrogens with one attached hydrogen (secondary N) is 1. The second-order valence-electron chi connectivity index (χ2n) is 6.26. The summed E-state index contributed by atoms with van der Waals surface area (Å²) in [5.74, 6) is 0.482. The van der Waals surface area contributed by atoms with Crippen molar-refractivity contribution in [2.24, 2.45) is 0 Å². The minimum atomic E-state index is -0.436. The Bertz CT molecular complexity index is 1060. The van der Waals surface area contributed by atoms with E-state index in [4.69, 9.17) is 27.9 Å². The van der Waals surface area contributed by atoms with Gasteiger partial charge in [0.05, 0.1) is 10.8 Å². The molecule has 0 fully saturated rings. The van der Waals surface area contributed by atoms with Crippen molar-refractivity contribution in [3.8, 4) is 5.75 Å². The molecule has 0 unspecified atom stereocenters. The number of hydrogen-bond donors (Lipinski definition) is 1. The zero-order chi connectivity index (χ0) is 21.7. The first-order valence-electron chi connectivity index (χ1n) is 9.06. The fourth-order valence-corrected chi connectivity index (χ4v) is 3.86. The molecular formula is C20H19Cl2FN4O2S. The van der Waals surface area contributed by atoms with Gasteiger partial charge in [0.1, 0.15) is 18.2 Å². The first-order chi connectivity index (χ1) is 14.4. The molecule has 1 amide bonds. The van der Waals surface area contributed by atoms with Crippen LogP contribution >= 0.6 is 35.0 Å². The molecule has 0 aliphatic carbocycles. The SMILES string of the molecule is CCn1c(COc2ccc(F)cc2Cl)nnc1SCC(=O)Nc1cccc(Cl)c1C. The van der Waals surface area contributed by atoms with Gasteiger partial charge in [-0.2, -0.15) is 0 Å². The molecular weight excluding hydrogens is 450 g/mol. The Morgan fingerprint density at radius 2 is 2.03 bits per heavy atom. The number of thioether (sulfide) groups is 1. The van der Waals surface area contributed by atoms with Crippen LogP contribution in [-0.2, 0) is 17.9 Å². The summed E-state index contributed by atoms with van der Waals surface area (Å²) < 4.78 is 20.6. The number of aromatic nitrogens is 3. The van der Waals surface area contributed by atoms with Gasteiger partial charge in [0, 0.05) is 17.3 Å². The molecule has 0 atom stereocenters. The normalized spacial score (nSPS) is 10.8. The third-order valence-corrected chi connectivity index (χ3v) is 5.91. The molecule has 0 radical (unpaired) electrons. The first-order valence-corrected chi connectivity index (χ1v) is 10.8.